The van der Waals surface area contributed by atoms with Crippen molar-refractivity contribution in [2.75, 3.05) is 11.1 Å². The summed E-state index contributed by atoms with van der Waals surface area (Å²) < 4.78 is 25.9. The van der Waals surface area contributed by atoms with E-state index in [-0.39, 0.29) is 5.69 Å². The van der Waals surface area contributed by atoms with E-state index in [0.717, 1.165) is 6.07 Å². The van der Waals surface area contributed by atoms with Gasteiger partial charge in [-0.25, -0.2) is 13.8 Å². The molecular formula is C11H9F2N3. The fourth-order valence-electron chi connectivity index (χ4n) is 1.21. The molecule has 0 unspecified atom stereocenters. The van der Waals surface area contributed by atoms with E-state index in [1.165, 1.54) is 18.3 Å². The van der Waals surface area contributed by atoms with Gasteiger partial charge in [0.25, 0.3) is 0 Å². The molecule has 0 radical (unpaired) electrons. The van der Waals surface area contributed by atoms with Crippen LogP contribution in [0.2, 0.25) is 0 Å². The highest BCUT2D eigenvalue weighted by Crippen LogP contribution is 2.19. The minimum Gasteiger partial charge on any atom is -0.397 e. The van der Waals surface area contributed by atoms with Gasteiger partial charge in [-0.1, -0.05) is 0 Å². The Kier molecular flexibility index (Phi) is 2.68. The van der Waals surface area contributed by atoms with E-state index in [9.17, 15) is 8.78 Å². The number of hydrogen-bond acceptors (Lipinski definition) is 3. The number of benzene rings is 1. The first-order chi connectivity index (χ1) is 7.65. The van der Waals surface area contributed by atoms with Gasteiger partial charge in [0.2, 0.25) is 0 Å². The Labute approximate surface area is 90.9 Å². The van der Waals surface area contributed by atoms with Crippen LogP contribution in [0.4, 0.5) is 26.0 Å². The molecule has 0 aliphatic carbocycles. The van der Waals surface area contributed by atoms with Crippen LogP contribution in [0.3, 0.4) is 0 Å². The van der Waals surface area contributed by atoms with Gasteiger partial charge in [0.05, 0.1) is 17.6 Å². The molecule has 0 aliphatic heterocycles. The summed E-state index contributed by atoms with van der Waals surface area (Å²) in [5.74, 6) is -0.841. The fourth-order valence-corrected chi connectivity index (χ4v) is 1.21. The van der Waals surface area contributed by atoms with Gasteiger partial charge in [0.1, 0.15) is 17.5 Å². The first-order valence-corrected chi connectivity index (χ1v) is 4.59. The van der Waals surface area contributed by atoms with Crippen LogP contribution in [0.25, 0.3) is 0 Å². The molecule has 1 heterocycles. The van der Waals surface area contributed by atoms with Crippen LogP contribution < -0.4 is 11.1 Å². The molecule has 0 amide bonds. The number of nitrogens with two attached hydrogens (primary N) is 1. The summed E-state index contributed by atoms with van der Waals surface area (Å²) in [4.78, 5) is 3.94. The molecule has 1 aromatic carbocycles. The predicted octanol–water partition coefficient (Wildman–Crippen LogP) is 2.69. The van der Waals surface area contributed by atoms with Crippen molar-refractivity contribution in [1.29, 1.82) is 0 Å². The van der Waals surface area contributed by atoms with Crippen molar-refractivity contribution < 1.29 is 8.78 Å². The molecule has 3 nitrogen and oxygen atoms in total. The summed E-state index contributed by atoms with van der Waals surface area (Å²) in [6.07, 6.45) is 1.45. The van der Waals surface area contributed by atoms with Gasteiger partial charge >= 0.3 is 0 Å². The maximum Gasteiger partial charge on any atom is 0.149 e. The van der Waals surface area contributed by atoms with E-state index < -0.39 is 11.6 Å². The zero-order valence-electron chi connectivity index (χ0n) is 8.24. The second kappa shape index (κ2) is 4.14. The van der Waals surface area contributed by atoms with E-state index in [2.05, 4.69) is 10.3 Å². The normalized spacial score (nSPS) is 10.1. The second-order valence-corrected chi connectivity index (χ2v) is 3.23. The number of nitrogens with zero attached hydrogens (tertiary/aromatic N) is 1. The molecule has 0 aliphatic rings. The highest BCUT2D eigenvalue weighted by molar-refractivity contribution is 5.57. The Hall–Kier alpha value is -2.17. The number of hydrogen-bond donors (Lipinski definition) is 2. The third-order valence-corrected chi connectivity index (χ3v) is 1.98. The van der Waals surface area contributed by atoms with Crippen LogP contribution in [0.15, 0.2) is 36.5 Å². The zero-order valence-corrected chi connectivity index (χ0v) is 8.24. The predicted molar refractivity (Wildman–Crippen MR) is 58.3 cm³/mol. The summed E-state index contributed by atoms with van der Waals surface area (Å²) >= 11 is 0. The van der Waals surface area contributed by atoms with E-state index in [1.807, 2.05) is 0 Å². The molecule has 1 aromatic heterocycles. The molecule has 0 saturated carbocycles. The van der Waals surface area contributed by atoms with E-state index in [0.29, 0.717) is 11.5 Å². The van der Waals surface area contributed by atoms with E-state index in [1.54, 1.807) is 12.1 Å². The van der Waals surface area contributed by atoms with Crippen LogP contribution in [0.5, 0.6) is 0 Å². The first-order valence-electron chi connectivity index (χ1n) is 4.59. The van der Waals surface area contributed by atoms with Crippen molar-refractivity contribution in [3.05, 3.63) is 48.2 Å². The highest BCUT2D eigenvalue weighted by Gasteiger charge is 2.04. The Morgan fingerprint density at radius 1 is 1.12 bits per heavy atom. The highest BCUT2D eigenvalue weighted by atomic mass is 19.1. The standard InChI is InChI=1S/C11H9F2N3/c12-7-1-3-10(9(13)5-7)16-11-4-2-8(14)6-15-11/h1-6H,14H2,(H,15,16). The topological polar surface area (TPSA) is 50.9 Å². The Morgan fingerprint density at radius 2 is 1.94 bits per heavy atom. The molecule has 0 fully saturated rings. The smallest absolute Gasteiger partial charge is 0.149 e. The van der Waals surface area contributed by atoms with Gasteiger partial charge in [0.15, 0.2) is 0 Å². The molecule has 16 heavy (non-hydrogen) atoms. The molecule has 0 spiro atoms. The van der Waals surface area contributed by atoms with Crippen molar-refractivity contribution in [1.82, 2.24) is 4.98 Å². The monoisotopic (exact) mass is 221 g/mol. The number of pyridine rings is 1. The summed E-state index contributed by atoms with van der Waals surface area (Å²) in [5.41, 5.74) is 6.14. The van der Waals surface area contributed by atoms with Crippen LogP contribution in [0.1, 0.15) is 0 Å². The van der Waals surface area contributed by atoms with Gasteiger partial charge in [-0.2, -0.15) is 0 Å². The van der Waals surface area contributed by atoms with E-state index in [4.69, 9.17) is 5.73 Å². The number of nitrogen functional groups attached to an aromatic ring is 1. The van der Waals surface area contributed by atoms with Crippen LogP contribution in [0, 0.1) is 11.6 Å². The molecule has 0 bridgehead atoms. The maximum atomic E-state index is 13.3. The van der Waals surface area contributed by atoms with Crippen molar-refractivity contribution in [3.8, 4) is 0 Å². The van der Waals surface area contributed by atoms with Crippen molar-refractivity contribution in [2.45, 2.75) is 0 Å². The second-order valence-electron chi connectivity index (χ2n) is 3.23. The molecule has 5 heteroatoms. The summed E-state index contributed by atoms with van der Waals surface area (Å²) in [7, 11) is 0. The number of aromatic nitrogens is 1. The third kappa shape index (κ3) is 2.25. The molecular weight excluding hydrogens is 212 g/mol. The lowest BCUT2D eigenvalue weighted by molar-refractivity contribution is 0.586. The number of anilines is 3. The zero-order chi connectivity index (χ0) is 11.5. The molecule has 0 saturated heterocycles. The Balaban J connectivity index is 2.23. The summed E-state index contributed by atoms with van der Waals surface area (Å²) in [5, 5.41) is 2.72. The van der Waals surface area contributed by atoms with Crippen molar-refractivity contribution in [2.24, 2.45) is 0 Å². The van der Waals surface area contributed by atoms with E-state index >= 15 is 0 Å². The van der Waals surface area contributed by atoms with Crippen LogP contribution >= 0.6 is 0 Å². The van der Waals surface area contributed by atoms with Gasteiger partial charge in [-0.05, 0) is 24.3 Å². The van der Waals surface area contributed by atoms with Crippen molar-refractivity contribution >= 4 is 17.2 Å². The number of nitrogens with one attached hydrogen (secondary N) is 1. The van der Waals surface area contributed by atoms with Crippen molar-refractivity contribution in [3.63, 3.8) is 0 Å². The molecule has 2 rings (SSSR count). The first kappa shape index (κ1) is 10.4. The minimum atomic E-state index is -0.668. The molecule has 3 N–H and O–H groups in total. The average molecular weight is 221 g/mol. The summed E-state index contributed by atoms with van der Waals surface area (Å²) in [6, 6.07) is 6.53. The van der Waals surface area contributed by atoms with Gasteiger partial charge in [-0.15, -0.1) is 0 Å². The molecule has 0 atom stereocenters. The molecule has 2 aromatic rings. The largest absolute Gasteiger partial charge is 0.397 e. The minimum absolute atomic E-state index is 0.165. The Bertz CT molecular complexity index is 497. The Morgan fingerprint density at radius 3 is 2.56 bits per heavy atom. The van der Waals surface area contributed by atoms with Crippen LogP contribution in [-0.4, -0.2) is 4.98 Å². The maximum absolute atomic E-state index is 13.3. The molecule has 82 valence electrons. The lowest BCUT2D eigenvalue weighted by atomic mass is 10.3. The fraction of sp³-hybridized carbons (Fsp3) is 0. The van der Waals surface area contributed by atoms with Gasteiger partial charge in [0, 0.05) is 6.07 Å². The van der Waals surface area contributed by atoms with Crippen LogP contribution in [-0.2, 0) is 0 Å². The quantitative estimate of drug-likeness (QED) is 0.819. The third-order valence-electron chi connectivity index (χ3n) is 1.98. The average Bonchev–Trinajstić information content (AvgIpc) is 2.25. The number of halogens is 2. The summed E-state index contributed by atoms with van der Waals surface area (Å²) in [6.45, 7) is 0. The SMILES string of the molecule is Nc1ccc(Nc2ccc(F)cc2F)nc1. The number of rotatable bonds is 2. The van der Waals surface area contributed by atoms with Gasteiger partial charge in [-0.3, -0.25) is 0 Å². The lowest BCUT2D eigenvalue weighted by Crippen LogP contribution is -1.97. The van der Waals surface area contributed by atoms with Gasteiger partial charge < -0.3 is 11.1 Å². The lowest BCUT2D eigenvalue weighted by Gasteiger charge is -2.06.